The van der Waals surface area contributed by atoms with Crippen molar-refractivity contribution in [3.05, 3.63) is 11.8 Å². The highest BCUT2D eigenvalue weighted by molar-refractivity contribution is 5.90. The smallest absolute Gasteiger partial charge is 0.251 e. The number of rotatable bonds is 3. The summed E-state index contributed by atoms with van der Waals surface area (Å²) < 4.78 is 7.00. The Hall–Kier alpha value is -1.36. The molecule has 0 aromatic carbocycles. The minimum Gasteiger partial charge on any atom is -0.366 e. The van der Waals surface area contributed by atoms with Crippen LogP contribution < -0.4 is 5.32 Å². The van der Waals surface area contributed by atoms with Gasteiger partial charge in [0.15, 0.2) is 0 Å². The number of amides is 1. The molecule has 0 spiro atoms. The molecule has 5 heteroatoms. The molecule has 0 saturated heterocycles. The van der Waals surface area contributed by atoms with E-state index in [0.29, 0.717) is 5.82 Å². The van der Waals surface area contributed by atoms with Crippen molar-refractivity contribution in [1.29, 1.82) is 0 Å². The van der Waals surface area contributed by atoms with Crippen LogP contribution in [-0.2, 0) is 16.6 Å². The van der Waals surface area contributed by atoms with Crippen LogP contribution in [0.1, 0.15) is 26.5 Å². The van der Waals surface area contributed by atoms with Crippen LogP contribution in [-0.4, -0.2) is 27.9 Å². The SMILES string of the molecule is Cc1cc(NC(=O)COC(C)(C)C)n(C)n1. The van der Waals surface area contributed by atoms with Gasteiger partial charge < -0.3 is 10.1 Å². The van der Waals surface area contributed by atoms with Crippen LogP contribution in [0.25, 0.3) is 0 Å². The van der Waals surface area contributed by atoms with Crippen LogP contribution in [0.5, 0.6) is 0 Å². The Morgan fingerprint density at radius 3 is 2.62 bits per heavy atom. The molecule has 1 heterocycles. The second kappa shape index (κ2) is 4.65. The summed E-state index contributed by atoms with van der Waals surface area (Å²) in [7, 11) is 1.78. The maximum absolute atomic E-state index is 11.5. The second-order valence-electron chi connectivity index (χ2n) is 4.74. The first-order valence-electron chi connectivity index (χ1n) is 5.22. The summed E-state index contributed by atoms with van der Waals surface area (Å²) in [6, 6.07) is 1.81. The van der Waals surface area contributed by atoms with E-state index >= 15 is 0 Å². The van der Waals surface area contributed by atoms with Crippen LogP contribution in [0.4, 0.5) is 5.82 Å². The molecule has 1 aromatic rings. The van der Waals surface area contributed by atoms with Gasteiger partial charge in [0.1, 0.15) is 12.4 Å². The Morgan fingerprint density at radius 2 is 2.19 bits per heavy atom. The van der Waals surface area contributed by atoms with E-state index in [0.717, 1.165) is 5.69 Å². The normalized spacial score (nSPS) is 11.6. The summed E-state index contributed by atoms with van der Waals surface area (Å²) in [5, 5.41) is 6.87. The number of carbonyl (C=O) groups excluding carboxylic acids is 1. The summed E-state index contributed by atoms with van der Waals surface area (Å²) in [6.45, 7) is 7.66. The van der Waals surface area contributed by atoms with Crippen LogP contribution in [0, 0.1) is 6.92 Å². The van der Waals surface area contributed by atoms with Crippen LogP contribution in [0.15, 0.2) is 6.07 Å². The quantitative estimate of drug-likeness (QED) is 0.847. The third-order valence-electron chi connectivity index (χ3n) is 1.91. The van der Waals surface area contributed by atoms with E-state index in [2.05, 4.69) is 10.4 Å². The van der Waals surface area contributed by atoms with E-state index in [9.17, 15) is 4.79 Å². The number of hydrogen-bond donors (Lipinski definition) is 1. The number of aromatic nitrogens is 2. The fourth-order valence-electron chi connectivity index (χ4n) is 1.19. The van der Waals surface area contributed by atoms with E-state index in [1.807, 2.05) is 33.8 Å². The molecule has 90 valence electrons. The number of nitrogens with one attached hydrogen (secondary N) is 1. The lowest BCUT2D eigenvalue weighted by Crippen LogP contribution is -2.27. The summed E-state index contributed by atoms with van der Waals surface area (Å²) in [4.78, 5) is 11.5. The van der Waals surface area contributed by atoms with Gasteiger partial charge in [-0.3, -0.25) is 9.48 Å². The van der Waals surface area contributed by atoms with Gasteiger partial charge in [-0.25, -0.2) is 0 Å². The van der Waals surface area contributed by atoms with Crippen molar-refractivity contribution in [2.45, 2.75) is 33.3 Å². The molecular weight excluding hydrogens is 206 g/mol. The Labute approximate surface area is 95.8 Å². The zero-order valence-electron chi connectivity index (χ0n) is 10.5. The summed E-state index contributed by atoms with van der Waals surface area (Å²) in [5.41, 5.74) is 0.564. The molecule has 1 rings (SSSR count). The monoisotopic (exact) mass is 225 g/mol. The molecule has 0 saturated carbocycles. The molecule has 0 fully saturated rings. The van der Waals surface area contributed by atoms with Gasteiger partial charge in [-0.15, -0.1) is 0 Å². The molecule has 0 unspecified atom stereocenters. The Morgan fingerprint density at radius 1 is 1.56 bits per heavy atom. The summed E-state index contributed by atoms with van der Waals surface area (Å²) in [6.07, 6.45) is 0. The van der Waals surface area contributed by atoms with E-state index in [-0.39, 0.29) is 18.1 Å². The van der Waals surface area contributed by atoms with Crippen molar-refractivity contribution in [2.75, 3.05) is 11.9 Å². The number of aryl methyl sites for hydroxylation is 2. The largest absolute Gasteiger partial charge is 0.366 e. The van der Waals surface area contributed by atoms with Gasteiger partial charge in [0.05, 0.1) is 11.3 Å². The van der Waals surface area contributed by atoms with Gasteiger partial charge in [-0.05, 0) is 27.7 Å². The molecule has 1 aromatic heterocycles. The average molecular weight is 225 g/mol. The molecular formula is C11H19N3O2. The van der Waals surface area contributed by atoms with Crippen LogP contribution in [0.2, 0.25) is 0 Å². The van der Waals surface area contributed by atoms with Gasteiger partial charge in [0, 0.05) is 13.1 Å². The second-order valence-corrected chi connectivity index (χ2v) is 4.74. The Balaban J connectivity index is 2.49. The molecule has 0 radical (unpaired) electrons. The van der Waals surface area contributed by atoms with Gasteiger partial charge in [0.2, 0.25) is 0 Å². The molecule has 0 atom stereocenters. The number of hydrogen-bond acceptors (Lipinski definition) is 3. The molecule has 5 nitrogen and oxygen atoms in total. The first kappa shape index (κ1) is 12.7. The van der Waals surface area contributed by atoms with Gasteiger partial charge >= 0.3 is 0 Å². The molecule has 0 aliphatic carbocycles. The van der Waals surface area contributed by atoms with Crippen molar-refractivity contribution in [2.24, 2.45) is 7.05 Å². The van der Waals surface area contributed by atoms with Crippen molar-refractivity contribution in [1.82, 2.24) is 9.78 Å². The number of carbonyl (C=O) groups is 1. The Bertz CT molecular complexity index is 377. The van der Waals surface area contributed by atoms with E-state index in [1.54, 1.807) is 11.7 Å². The lowest BCUT2D eigenvalue weighted by Gasteiger charge is -2.18. The number of ether oxygens (including phenoxy) is 1. The first-order valence-corrected chi connectivity index (χ1v) is 5.22. The van der Waals surface area contributed by atoms with Crippen molar-refractivity contribution in [3.8, 4) is 0 Å². The zero-order valence-corrected chi connectivity index (χ0v) is 10.5. The fraction of sp³-hybridized carbons (Fsp3) is 0.636. The minimum atomic E-state index is -0.306. The molecule has 1 amide bonds. The molecule has 0 bridgehead atoms. The fourth-order valence-corrected chi connectivity index (χ4v) is 1.19. The third kappa shape index (κ3) is 4.02. The zero-order chi connectivity index (χ0) is 12.3. The molecule has 1 N–H and O–H groups in total. The topological polar surface area (TPSA) is 56.1 Å². The number of anilines is 1. The highest BCUT2D eigenvalue weighted by Crippen LogP contribution is 2.09. The summed E-state index contributed by atoms with van der Waals surface area (Å²) >= 11 is 0. The van der Waals surface area contributed by atoms with Crippen LogP contribution in [0.3, 0.4) is 0 Å². The van der Waals surface area contributed by atoms with Crippen molar-refractivity contribution >= 4 is 11.7 Å². The minimum absolute atomic E-state index is 0.0493. The van der Waals surface area contributed by atoms with Gasteiger partial charge in [0.25, 0.3) is 5.91 Å². The highest BCUT2D eigenvalue weighted by atomic mass is 16.5. The first-order chi connectivity index (χ1) is 7.28. The predicted octanol–water partition coefficient (Wildman–Crippen LogP) is 1.48. The van der Waals surface area contributed by atoms with E-state index in [1.165, 1.54) is 0 Å². The van der Waals surface area contributed by atoms with E-state index < -0.39 is 0 Å². The maximum atomic E-state index is 11.5. The summed E-state index contributed by atoms with van der Waals surface area (Å²) in [5.74, 6) is 0.512. The van der Waals surface area contributed by atoms with Gasteiger partial charge in [-0.1, -0.05) is 0 Å². The Kier molecular flexibility index (Phi) is 3.70. The standard InChI is InChI=1S/C11H19N3O2/c1-8-6-9(14(5)13-8)12-10(15)7-16-11(2,3)4/h6H,7H2,1-5H3,(H,12,15). The van der Waals surface area contributed by atoms with Crippen molar-refractivity contribution < 1.29 is 9.53 Å². The van der Waals surface area contributed by atoms with Gasteiger partial charge in [-0.2, -0.15) is 5.10 Å². The average Bonchev–Trinajstić information content (AvgIpc) is 2.41. The molecule has 16 heavy (non-hydrogen) atoms. The lowest BCUT2D eigenvalue weighted by molar-refractivity contribution is -0.125. The van der Waals surface area contributed by atoms with Crippen molar-refractivity contribution in [3.63, 3.8) is 0 Å². The number of nitrogens with zero attached hydrogens (tertiary/aromatic N) is 2. The molecule has 0 aliphatic rings. The predicted molar refractivity (Wildman–Crippen MR) is 62.3 cm³/mol. The lowest BCUT2D eigenvalue weighted by atomic mass is 10.2. The molecule has 0 aliphatic heterocycles. The highest BCUT2D eigenvalue weighted by Gasteiger charge is 2.13. The third-order valence-corrected chi connectivity index (χ3v) is 1.91. The van der Waals surface area contributed by atoms with E-state index in [4.69, 9.17) is 4.74 Å². The maximum Gasteiger partial charge on any atom is 0.251 e. The van der Waals surface area contributed by atoms with Crippen LogP contribution >= 0.6 is 0 Å².